The average molecular weight is 446 g/mol. The SMILES string of the molecule is CC(Sc1nnc(-c2ccc(F)cc2)n1CC1CCCO1)C(=O)c1ccc(Cl)cc1. The van der Waals surface area contributed by atoms with Crippen molar-refractivity contribution in [2.24, 2.45) is 0 Å². The minimum atomic E-state index is -0.361. The van der Waals surface area contributed by atoms with E-state index in [0.717, 1.165) is 25.0 Å². The molecule has 5 nitrogen and oxygen atoms in total. The first kappa shape index (κ1) is 21.0. The van der Waals surface area contributed by atoms with Crippen molar-refractivity contribution in [1.82, 2.24) is 14.8 Å². The average Bonchev–Trinajstić information content (AvgIpc) is 3.40. The van der Waals surface area contributed by atoms with E-state index in [1.54, 1.807) is 36.4 Å². The summed E-state index contributed by atoms with van der Waals surface area (Å²) in [5, 5.41) is 9.55. The van der Waals surface area contributed by atoms with Gasteiger partial charge in [0.2, 0.25) is 0 Å². The van der Waals surface area contributed by atoms with Crippen LogP contribution in [0.2, 0.25) is 5.02 Å². The molecular weight excluding hydrogens is 425 g/mol. The van der Waals surface area contributed by atoms with E-state index in [1.165, 1.54) is 23.9 Å². The fraction of sp³-hybridized carbons (Fsp3) is 0.318. The molecule has 2 heterocycles. The summed E-state index contributed by atoms with van der Waals surface area (Å²) in [6, 6.07) is 13.0. The number of ketones is 1. The van der Waals surface area contributed by atoms with Crippen LogP contribution in [0.15, 0.2) is 53.7 Å². The molecule has 3 aromatic rings. The van der Waals surface area contributed by atoms with Crippen molar-refractivity contribution >= 4 is 29.1 Å². The predicted octanol–water partition coefficient (Wildman–Crippen LogP) is 5.28. The molecule has 2 unspecified atom stereocenters. The van der Waals surface area contributed by atoms with E-state index in [0.29, 0.717) is 28.1 Å². The number of aromatic nitrogens is 3. The highest BCUT2D eigenvalue weighted by Crippen LogP contribution is 2.30. The van der Waals surface area contributed by atoms with Crippen LogP contribution in [0.1, 0.15) is 30.1 Å². The molecule has 0 saturated carbocycles. The quantitative estimate of drug-likeness (QED) is 0.366. The Hall–Kier alpha value is -2.22. The van der Waals surface area contributed by atoms with Crippen molar-refractivity contribution in [2.45, 2.75) is 42.8 Å². The van der Waals surface area contributed by atoms with Crippen LogP contribution in [0, 0.1) is 5.82 Å². The Balaban J connectivity index is 1.60. The van der Waals surface area contributed by atoms with Crippen LogP contribution in [0.3, 0.4) is 0 Å². The van der Waals surface area contributed by atoms with E-state index in [9.17, 15) is 9.18 Å². The van der Waals surface area contributed by atoms with E-state index < -0.39 is 0 Å². The third-order valence-corrected chi connectivity index (χ3v) is 6.34. The Morgan fingerprint density at radius 1 is 1.23 bits per heavy atom. The lowest BCUT2D eigenvalue weighted by molar-refractivity contribution is 0.0953. The monoisotopic (exact) mass is 445 g/mol. The first-order valence-corrected chi connectivity index (χ1v) is 11.0. The molecule has 0 bridgehead atoms. The lowest BCUT2D eigenvalue weighted by Crippen LogP contribution is -2.19. The van der Waals surface area contributed by atoms with Gasteiger partial charge < -0.3 is 4.74 Å². The minimum Gasteiger partial charge on any atom is -0.376 e. The topological polar surface area (TPSA) is 57.0 Å². The number of carbonyl (C=O) groups is 1. The molecule has 0 radical (unpaired) electrons. The number of rotatable bonds is 7. The van der Waals surface area contributed by atoms with Gasteiger partial charge in [-0.1, -0.05) is 23.4 Å². The van der Waals surface area contributed by atoms with E-state index in [1.807, 2.05) is 11.5 Å². The van der Waals surface area contributed by atoms with Crippen molar-refractivity contribution in [2.75, 3.05) is 6.61 Å². The summed E-state index contributed by atoms with van der Waals surface area (Å²) < 4.78 is 21.1. The molecule has 30 heavy (non-hydrogen) atoms. The van der Waals surface area contributed by atoms with Gasteiger partial charge in [-0.25, -0.2) is 4.39 Å². The molecule has 8 heteroatoms. The molecule has 0 amide bonds. The third kappa shape index (κ3) is 4.74. The van der Waals surface area contributed by atoms with Gasteiger partial charge in [0.05, 0.1) is 17.9 Å². The van der Waals surface area contributed by atoms with Crippen LogP contribution in [0.4, 0.5) is 4.39 Å². The van der Waals surface area contributed by atoms with Crippen LogP contribution in [0.25, 0.3) is 11.4 Å². The first-order chi connectivity index (χ1) is 14.5. The number of benzene rings is 2. The van der Waals surface area contributed by atoms with Gasteiger partial charge in [0.1, 0.15) is 5.82 Å². The zero-order chi connectivity index (χ0) is 21.1. The van der Waals surface area contributed by atoms with Gasteiger partial charge in [0.15, 0.2) is 16.8 Å². The summed E-state index contributed by atoms with van der Waals surface area (Å²) >= 11 is 7.28. The first-order valence-electron chi connectivity index (χ1n) is 9.78. The molecule has 156 valence electrons. The summed E-state index contributed by atoms with van der Waals surface area (Å²) in [6.45, 7) is 3.18. The number of hydrogen-bond donors (Lipinski definition) is 0. The molecule has 0 aliphatic carbocycles. The molecule has 0 N–H and O–H groups in total. The molecule has 2 atom stereocenters. The number of nitrogens with zero attached hydrogens (tertiary/aromatic N) is 3. The second-order valence-electron chi connectivity index (χ2n) is 7.19. The number of hydrogen-bond acceptors (Lipinski definition) is 5. The maximum Gasteiger partial charge on any atom is 0.192 e. The van der Waals surface area contributed by atoms with Crippen LogP contribution in [0.5, 0.6) is 0 Å². The minimum absolute atomic E-state index is 0.00772. The molecule has 1 aromatic heterocycles. The summed E-state index contributed by atoms with van der Waals surface area (Å²) in [7, 11) is 0. The number of halogens is 2. The van der Waals surface area contributed by atoms with Crippen LogP contribution < -0.4 is 0 Å². The lowest BCUT2D eigenvalue weighted by atomic mass is 10.1. The van der Waals surface area contributed by atoms with Crippen molar-refractivity contribution < 1.29 is 13.9 Å². The van der Waals surface area contributed by atoms with Gasteiger partial charge in [-0.2, -0.15) is 0 Å². The van der Waals surface area contributed by atoms with Gasteiger partial charge in [0, 0.05) is 22.8 Å². The Kier molecular flexibility index (Phi) is 6.51. The van der Waals surface area contributed by atoms with Crippen molar-refractivity contribution in [3.63, 3.8) is 0 Å². The molecular formula is C22H21ClFN3O2S. The smallest absolute Gasteiger partial charge is 0.192 e. The molecule has 1 aliphatic rings. The van der Waals surface area contributed by atoms with Gasteiger partial charge in [-0.15, -0.1) is 10.2 Å². The number of Topliss-reactive ketones (excluding diaryl/α,β-unsaturated/α-hetero) is 1. The Morgan fingerprint density at radius 3 is 2.63 bits per heavy atom. The van der Waals surface area contributed by atoms with Crippen molar-refractivity contribution in [3.05, 3.63) is 64.9 Å². The number of thioether (sulfide) groups is 1. The van der Waals surface area contributed by atoms with Gasteiger partial charge in [-0.05, 0) is 68.3 Å². The van der Waals surface area contributed by atoms with Crippen LogP contribution in [-0.2, 0) is 11.3 Å². The Labute approximate surface area is 183 Å². The molecule has 2 aromatic carbocycles. The van der Waals surface area contributed by atoms with Crippen LogP contribution in [-0.4, -0.2) is 38.5 Å². The zero-order valence-corrected chi connectivity index (χ0v) is 18.0. The fourth-order valence-corrected chi connectivity index (χ4v) is 4.47. The number of ether oxygens (including phenoxy) is 1. The lowest BCUT2D eigenvalue weighted by Gasteiger charge is -2.16. The maximum atomic E-state index is 13.4. The molecule has 4 rings (SSSR count). The summed E-state index contributed by atoms with van der Waals surface area (Å²) in [5.41, 5.74) is 1.37. The normalized spacial score (nSPS) is 17.2. The van der Waals surface area contributed by atoms with Gasteiger partial charge >= 0.3 is 0 Å². The van der Waals surface area contributed by atoms with Gasteiger partial charge in [-0.3, -0.25) is 9.36 Å². The summed E-state index contributed by atoms with van der Waals surface area (Å²) in [4.78, 5) is 12.8. The fourth-order valence-electron chi connectivity index (χ4n) is 3.41. The second-order valence-corrected chi connectivity index (χ2v) is 8.93. The molecule has 1 aliphatic heterocycles. The van der Waals surface area contributed by atoms with E-state index >= 15 is 0 Å². The van der Waals surface area contributed by atoms with Crippen molar-refractivity contribution in [1.29, 1.82) is 0 Å². The third-order valence-electron chi connectivity index (χ3n) is 5.01. The van der Waals surface area contributed by atoms with E-state index in [4.69, 9.17) is 16.3 Å². The largest absolute Gasteiger partial charge is 0.376 e. The Morgan fingerprint density at radius 2 is 1.97 bits per heavy atom. The highest BCUT2D eigenvalue weighted by atomic mass is 35.5. The van der Waals surface area contributed by atoms with Gasteiger partial charge in [0.25, 0.3) is 0 Å². The second kappa shape index (κ2) is 9.29. The van der Waals surface area contributed by atoms with Crippen molar-refractivity contribution in [3.8, 4) is 11.4 Å². The summed E-state index contributed by atoms with van der Waals surface area (Å²) in [6.07, 6.45) is 2.05. The zero-order valence-electron chi connectivity index (χ0n) is 16.4. The van der Waals surface area contributed by atoms with E-state index in [2.05, 4.69) is 10.2 Å². The summed E-state index contributed by atoms with van der Waals surface area (Å²) in [5.74, 6) is 0.325. The highest BCUT2D eigenvalue weighted by molar-refractivity contribution is 8.00. The Bertz CT molecular complexity index is 1020. The molecule has 0 spiro atoms. The van der Waals surface area contributed by atoms with E-state index in [-0.39, 0.29) is 23.0 Å². The molecule has 1 saturated heterocycles. The molecule has 1 fully saturated rings. The maximum absolute atomic E-state index is 13.4. The highest BCUT2D eigenvalue weighted by Gasteiger charge is 2.25. The standard InChI is InChI=1S/C22H21ClFN3O2S/c1-14(20(28)15-4-8-17(23)9-5-15)30-22-26-25-21(16-6-10-18(24)11-7-16)27(22)13-19-3-2-12-29-19/h4-11,14,19H,2-3,12-13H2,1H3. The predicted molar refractivity (Wildman–Crippen MR) is 115 cm³/mol. The van der Waals surface area contributed by atoms with Crippen LogP contribution >= 0.6 is 23.4 Å². The number of carbonyl (C=O) groups excluding carboxylic acids is 1.